The lowest BCUT2D eigenvalue weighted by atomic mass is 9.99. The number of carboxylic acid groups (broad SMARTS) is 1. The Morgan fingerprint density at radius 2 is 1.96 bits per heavy atom. The molecule has 146 valence electrons. The molecule has 1 atom stereocenters. The molecule has 0 amide bonds. The third-order valence-corrected chi connectivity index (χ3v) is 4.85. The van der Waals surface area contributed by atoms with Crippen LogP contribution >= 0.6 is 0 Å². The second kappa shape index (κ2) is 8.71. The summed E-state index contributed by atoms with van der Waals surface area (Å²) in [5, 5.41) is 24.0. The summed E-state index contributed by atoms with van der Waals surface area (Å²) in [4.78, 5) is 23.6. The van der Waals surface area contributed by atoms with Gasteiger partial charge in [-0.25, -0.2) is 4.79 Å². The number of carboxylic acids is 1. The minimum Gasteiger partial charge on any atom is -0.544 e. The van der Waals surface area contributed by atoms with E-state index < -0.39 is 17.6 Å². The largest absolute Gasteiger partial charge is 0.544 e. The van der Waals surface area contributed by atoms with Gasteiger partial charge in [0, 0.05) is 17.9 Å². The van der Waals surface area contributed by atoms with E-state index in [2.05, 4.69) is 0 Å². The summed E-state index contributed by atoms with van der Waals surface area (Å²) < 4.78 is 5.41. The number of rotatable bonds is 8. The highest BCUT2D eigenvalue weighted by molar-refractivity contribution is 5.95. The van der Waals surface area contributed by atoms with Gasteiger partial charge in [-0.2, -0.15) is 0 Å². The number of hydrogen-bond donors (Lipinski definition) is 2. The molecule has 0 radical (unpaired) electrons. The molecule has 0 fully saturated rings. The van der Waals surface area contributed by atoms with Crippen molar-refractivity contribution in [2.45, 2.75) is 38.8 Å². The Labute approximate surface area is 162 Å². The molecule has 0 bridgehead atoms. The number of hydrogen-bond acceptors (Lipinski definition) is 5. The first-order valence-electron chi connectivity index (χ1n) is 9.39. The number of nitrogens with two attached hydrogens (primary N) is 1. The van der Waals surface area contributed by atoms with Gasteiger partial charge in [0.25, 0.3) is 0 Å². The van der Waals surface area contributed by atoms with E-state index in [1.54, 1.807) is 11.4 Å². The smallest absolute Gasteiger partial charge is 0.336 e. The molecule has 3 rings (SSSR count). The second-order valence-corrected chi connectivity index (χ2v) is 6.79. The number of carbonyl (C=O) groups is 1. The van der Waals surface area contributed by atoms with Gasteiger partial charge in [-0.15, -0.1) is 0 Å². The van der Waals surface area contributed by atoms with Crippen LogP contribution in [-0.4, -0.2) is 17.1 Å². The topological polar surface area (TPSA) is 107 Å². The zero-order valence-corrected chi connectivity index (χ0v) is 15.7. The monoisotopic (exact) mass is 381 g/mol. The van der Waals surface area contributed by atoms with Crippen molar-refractivity contribution in [3.05, 3.63) is 64.5 Å². The van der Waals surface area contributed by atoms with Crippen molar-refractivity contribution in [3.8, 4) is 16.9 Å². The second-order valence-electron chi connectivity index (χ2n) is 6.79. The van der Waals surface area contributed by atoms with Gasteiger partial charge in [0.2, 0.25) is 0 Å². The van der Waals surface area contributed by atoms with E-state index in [-0.39, 0.29) is 17.9 Å². The van der Waals surface area contributed by atoms with Gasteiger partial charge in [-0.3, -0.25) is 0 Å². The van der Waals surface area contributed by atoms with Crippen molar-refractivity contribution in [2.75, 3.05) is 0 Å². The van der Waals surface area contributed by atoms with Crippen molar-refractivity contribution < 1.29 is 24.7 Å². The lowest BCUT2D eigenvalue weighted by Crippen LogP contribution is -2.91. The number of phenols is 1. The molecule has 6 heteroatoms. The first kappa shape index (κ1) is 19.6. The van der Waals surface area contributed by atoms with Crippen LogP contribution in [0.25, 0.3) is 22.1 Å². The third-order valence-electron chi connectivity index (χ3n) is 4.85. The van der Waals surface area contributed by atoms with Crippen LogP contribution in [0, 0.1) is 0 Å². The number of aliphatic carboxylic acids is 1. The summed E-state index contributed by atoms with van der Waals surface area (Å²) in [7, 11) is 0. The molecule has 0 aliphatic rings. The Morgan fingerprint density at radius 1 is 1.21 bits per heavy atom. The number of unbranched alkanes of at least 4 members (excludes halogenated alkanes) is 1. The van der Waals surface area contributed by atoms with Crippen LogP contribution in [0.5, 0.6) is 5.75 Å². The summed E-state index contributed by atoms with van der Waals surface area (Å²) in [6, 6.07) is 13.4. The molecule has 2 aromatic carbocycles. The molecule has 3 aromatic rings. The molecule has 0 saturated carbocycles. The van der Waals surface area contributed by atoms with E-state index in [1.807, 2.05) is 37.3 Å². The summed E-state index contributed by atoms with van der Waals surface area (Å²) in [5.41, 5.74) is 1.71. The molecular formula is C22H23NO5. The molecule has 0 saturated heterocycles. The van der Waals surface area contributed by atoms with E-state index in [4.69, 9.17) is 4.42 Å². The summed E-state index contributed by atoms with van der Waals surface area (Å²) in [6.07, 6.45) is 2.12. The zero-order chi connectivity index (χ0) is 20.1. The molecule has 1 aromatic heterocycles. The average molecular weight is 381 g/mol. The minimum atomic E-state index is -1.14. The molecule has 0 spiro atoms. The van der Waals surface area contributed by atoms with Crippen LogP contribution in [0.4, 0.5) is 0 Å². The van der Waals surface area contributed by atoms with Gasteiger partial charge in [-0.05, 0) is 29.7 Å². The minimum absolute atomic E-state index is 0.0373. The quantitative estimate of drug-likeness (QED) is 0.576. The van der Waals surface area contributed by atoms with E-state index >= 15 is 0 Å². The molecule has 1 heterocycles. The van der Waals surface area contributed by atoms with Crippen LogP contribution in [-0.2, 0) is 11.3 Å². The molecule has 3 N–H and O–H groups in total. The van der Waals surface area contributed by atoms with Crippen LogP contribution in [0.15, 0.2) is 57.7 Å². The van der Waals surface area contributed by atoms with Crippen molar-refractivity contribution >= 4 is 16.9 Å². The fraction of sp³-hybridized carbons (Fsp3) is 0.273. The third kappa shape index (κ3) is 4.23. The van der Waals surface area contributed by atoms with Gasteiger partial charge in [0.15, 0.2) is 5.58 Å². The van der Waals surface area contributed by atoms with E-state index in [9.17, 15) is 19.8 Å². The number of benzene rings is 2. The van der Waals surface area contributed by atoms with Crippen molar-refractivity contribution in [1.82, 2.24) is 0 Å². The molecule has 6 nitrogen and oxygen atoms in total. The summed E-state index contributed by atoms with van der Waals surface area (Å²) >= 11 is 0. The first-order chi connectivity index (χ1) is 13.5. The fourth-order valence-electron chi connectivity index (χ4n) is 3.34. The maximum atomic E-state index is 12.2. The van der Waals surface area contributed by atoms with Crippen LogP contribution in [0.2, 0.25) is 0 Å². The van der Waals surface area contributed by atoms with Gasteiger partial charge in [0.1, 0.15) is 18.3 Å². The SMILES string of the molecule is CCCC[C@H]([NH2+]Cc1c(O)ccc2c(-c3ccccc3)cc(=O)oc12)C(=O)[O-]. The maximum Gasteiger partial charge on any atom is 0.336 e. The molecule has 28 heavy (non-hydrogen) atoms. The number of aromatic hydroxyl groups is 1. The Hall–Kier alpha value is -3.12. The predicted molar refractivity (Wildman–Crippen MR) is 104 cm³/mol. The van der Waals surface area contributed by atoms with Crippen LogP contribution < -0.4 is 16.0 Å². The molecular weight excluding hydrogens is 358 g/mol. The maximum absolute atomic E-state index is 12.2. The van der Waals surface area contributed by atoms with E-state index in [1.165, 1.54) is 12.1 Å². The van der Waals surface area contributed by atoms with Gasteiger partial charge >= 0.3 is 5.63 Å². The Balaban J connectivity index is 2.03. The fourth-order valence-corrected chi connectivity index (χ4v) is 3.34. The predicted octanol–water partition coefficient (Wildman–Crippen LogP) is 1.54. The van der Waals surface area contributed by atoms with E-state index in [0.717, 1.165) is 18.4 Å². The normalized spacial score (nSPS) is 12.2. The average Bonchev–Trinajstić information content (AvgIpc) is 2.69. The zero-order valence-electron chi connectivity index (χ0n) is 15.7. The van der Waals surface area contributed by atoms with Gasteiger partial charge in [0.05, 0.1) is 11.5 Å². The molecule has 0 unspecified atom stereocenters. The lowest BCUT2D eigenvalue weighted by Gasteiger charge is -2.17. The Morgan fingerprint density at radius 3 is 2.64 bits per heavy atom. The number of fused-ring (bicyclic) bond motifs is 1. The van der Waals surface area contributed by atoms with Crippen molar-refractivity contribution in [3.63, 3.8) is 0 Å². The number of quaternary nitrogens is 1. The molecule has 0 aliphatic carbocycles. The standard InChI is InChI=1S/C22H23NO5/c1-2-3-9-18(22(26)27)23-13-17-19(24)11-10-15-16(12-20(25)28-21(15)17)14-7-5-4-6-8-14/h4-8,10-12,18,23-24H,2-3,9,13H2,1H3,(H,26,27)/t18-/m0/s1. The Bertz CT molecular complexity index is 1030. The van der Waals surface area contributed by atoms with Crippen molar-refractivity contribution in [1.29, 1.82) is 0 Å². The van der Waals surface area contributed by atoms with Crippen LogP contribution in [0.3, 0.4) is 0 Å². The highest BCUT2D eigenvalue weighted by Gasteiger charge is 2.19. The van der Waals surface area contributed by atoms with Gasteiger partial charge in [-0.1, -0.05) is 43.7 Å². The van der Waals surface area contributed by atoms with E-state index in [0.29, 0.717) is 22.9 Å². The highest BCUT2D eigenvalue weighted by atomic mass is 16.4. The van der Waals surface area contributed by atoms with Crippen LogP contribution in [0.1, 0.15) is 31.7 Å². The van der Waals surface area contributed by atoms with Gasteiger partial charge < -0.3 is 24.7 Å². The number of carbonyl (C=O) groups excluding carboxylic acids is 1. The summed E-state index contributed by atoms with van der Waals surface area (Å²) in [5.74, 6) is -1.18. The van der Waals surface area contributed by atoms with Crippen molar-refractivity contribution in [2.24, 2.45) is 0 Å². The number of phenolic OH excluding ortho intramolecular Hbond substituents is 1. The first-order valence-corrected chi connectivity index (χ1v) is 9.39. The lowest BCUT2D eigenvalue weighted by molar-refractivity contribution is -0.698. The highest BCUT2D eigenvalue weighted by Crippen LogP contribution is 2.32. The Kier molecular flexibility index (Phi) is 6.11. The summed E-state index contributed by atoms with van der Waals surface area (Å²) in [6.45, 7) is 2.15. The molecule has 0 aliphatic heterocycles.